The van der Waals surface area contributed by atoms with E-state index in [0.29, 0.717) is 29.5 Å². The summed E-state index contributed by atoms with van der Waals surface area (Å²) < 4.78 is 10.4. The number of nitrogens with two attached hydrogens (primary N) is 1. The van der Waals surface area contributed by atoms with E-state index in [9.17, 15) is 9.59 Å². The van der Waals surface area contributed by atoms with Crippen molar-refractivity contribution >= 4 is 35.1 Å². The van der Waals surface area contributed by atoms with Crippen LogP contribution in [0.25, 0.3) is 0 Å². The smallest absolute Gasteiger partial charge is 0.344 e. The molecule has 184 valence electrons. The first-order valence-corrected chi connectivity index (χ1v) is 11.8. The topological polar surface area (TPSA) is 107 Å². The van der Waals surface area contributed by atoms with E-state index in [-0.39, 0.29) is 18.5 Å². The lowest BCUT2D eigenvalue weighted by molar-refractivity contribution is -0.145. The summed E-state index contributed by atoms with van der Waals surface area (Å²) >= 11 is 5.90. The van der Waals surface area contributed by atoms with E-state index >= 15 is 0 Å². The molecule has 9 heteroatoms. The Morgan fingerprint density at radius 3 is 2.42 bits per heavy atom. The van der Waals surface area contributed by atoms with Crippen molar-refractivity contribution in [3.05, 3.63) is 101 Å². The van der Waals surface area contributed by atoms with Crippen molar-refractivity contribution in [1.82, 2.24) is 5.01 Å². The molecule has 1 heterocycles. The van der Waals surface area contributed by atoms with E-state index in [1.165, 1.54) is 5.01 Å². The zero-order valence-electron chi connectivity index (χ0n) is 19.6. The summed E-state index contributed by atoms with van der Waals surface area (Å²) in [5, 5.41) is 6.77. The molecule has 1 amide bonds. The average Bonchev–Trinajstić information content (AvgIpc) is 3.35. The molecule has 8 nitrogen and oxygen atoms in total. The number of hydrogen-bond acceptors (Lipinski definition) is 5. The number of rotatable bonds is 7. The maximum atomic E-state index is 12.6. The van der Waals surface area contributed by atoms with Gasteiger partial charge in [-0.05, 0) is 66.6 Å². The monoisotopic (exact) mass is 504 g/mol. The highest BCUT2D eigenvalue weighted by atomic mass is 35.5. The van der Waals surface area contributed by atoms with Crippen LogP contribution in [0.15, 0.2) is 89.0 Å². The van der Waals surface area contributed by atoms with Gasteiger partial charge in [-0.15, -0.1) is 0 Å². The van der Waals surface area contributed by atoms with Crippen molar-refractivity contribution in [2.75, 3.05) is 19.8 Å². The molecule has 0 fully saturated rings. The van der Waals surface area contributed by atoms with Crippen LogP contribution in [0.2, 0.25) is 5.02 Å². The first-order valence-electron chi connectivity index (χ1n) is 11.4. The third-order valence-electron chi connectivity index (χ3n) is 5.50. The molecule has 1 atom stereocenters. The van der Waals surface area contributed by atoms with E-state index < -0.39 is 11.9 Å². The Bertz CT molecular complexity index is 1280. The number of carbonyl (C=O) groups is 2. The zero-order valence-corrected chi connectivity index (χ0v) is 20.4. The maximum Gasteiger partial charge on any atom is 0.344 e. The summed E-state index contributed by atoms with van der Waals surface area (Å²) in [6.45, 7) is 2.30. The van der Waals surface area contributed by atoms with Crippen LogP contribution >= 0.6 is 11.6 Å². The van der Waals surface area contributed by atoms with Crippen LogP contribution < -0.4 is 10.5 Å². The van der Waals surface area contributed by atoms with Gasteiger partial charge in [-0.2, -0.15) is 10.1 Å². The molecule has 3 aromatic carbocycles. The van der Waals surface area contributed by atoms with Gasteiger partial charge in [-0.25, -0.2) is 9.80 Å². The Hall–Kier alpha value is -4.17. The van der Waals surface area contributed by atoms with Crippen LogP contribution in [0.3, 0.4) is 0 Å². The molecule has 1 aliphatic rings. The fourth-order valence-corrected chi connectivity index (χ4v) is 3.86. The minimum atomic E-state index is -0.479. The lowest BCUT2D eigenvalue weighted by atomic mass is 9.90. The second kappa shape index (κ2) is 11.5. The molecule has 0 saturated carbocycles. The van der Waals surface area contributed by atoms with Crippen molar-refractivity contribution < 1.29 is 19.1 Å². The van der Waals surface area contributed by atoms with Gasteiger partial charge in [-0.3, -0.25) is 4.79 Å². The molecule has 2 N–H and O–H groups in total. The lowest BCUT2D eigenvalue weighted by Crippen LogP contribution is -2.33. The molecular formula is C27H25ClN4O4. The second-order valence-corrected chi connectivity index (χ2v) is 8.37. The number of nitrogens with zero attached hydrogens (tertiary/aromatic N) is 3. The van der Waals surface area contributed by atoms with E-state index in [1.807, 2.05) is 42.5 Å². The number of hydrazone groups is 1. The predicted octanol–water partition coefficient (Wildman–Crippen LogP) is 4.24. The Labute approximate surface area is 214 Å². The Morgan fingerprint density at radius 2 is 1.75 bits per heavy atom. The van der Waals surface area contributed by atoms with Crippen LogP contribution in [0.1, 0.15) is 34.3 Å². The number of halogens is 1. The quantitative estimate of drug-likeness (QED) is 0.293. The number of esters is 1. The number of amides is 1. The van der Waals surface area contributed by atoms with Crippen molar-refractivity contribution in [2.45, 2.75) is 12.8 Å². The van der Waals surface area contributed by atoms with Crippen LogP contribution in [0.4, 0.5) is 0 Å². The largest absolute Gasteiger partial charge is 0.482 e. The summed E-state index contributed by atoms with van der Waals surface area (Å²) in [5.41, 5.74) is 9.26. The highest BCUT2D eigenvalue weighted by Crippen LogP contribution is 2.29. The molecule has 1 unspecified atom stereocenters. The van der Waals surface area contributed by atoms with Crippen molar-refractivity contribution in [1.29, 1.82) is 0 Å². The molecule has 36 heavy (non-hydrogen) atoms. The summed E-state index contributed by atoms with van der Waals surface area (Å²) in [5.74, 6) is -0.470. The van der Waals surface area contributed by atoms with Gasteiger partial charge < -0.3 is 15.2 Å². The molecule has 0 bridgehead atoms. The Kier molecular flexibility index (Phi) is 7.97. The SMILES string of the molecule is CCOC(=O)COc1ccc(C2=NN(C(N)=NC(=O)c3ccc(Cl)cc3)CC2c2ccccc2)cc1. The van der Waals surface area contributed by atoms with Gasteiger partial charge in [0.05, 0.1) is 18.9 Å². The van der Waals surface area contributed by atoms with Gasteiger partial charge in [0.25, 0.3) is 5.91 Å². The molecule has 0 spiro atoms. The molecule has 0 aromatic heterocycles. The first-order chi connectivity index (χ1) is 17.4. The minimum absolute atomic E-state index is 0.000251. The maximum absolute atomic E-state index is 12.6. The Balaban J connectivity index is 1.57. The number of ether oxygens (including phenoxy) is 2. The van der Waals surface area contributed by atoms with E-state index in [0.717, 1.165) is 16.8 Å². The summed E-state index contributed by atoms with van der Waals surface area (Å²) in [6, 6.07) is 23.6. The average molecular weight is 505 g/mol. The lowest BCUT2D eigenvalue weighted by Gasteiger charge is -2.15. The van der Waals surface area contributed by atoms with Gasteiger partial charge in [-0.1, -0.05) is 41.9 Å². The van der Waals surface area contributed by atoms with E-state index in [2.05, 4.69) is 4.99 Å². The van der Waals surface area contributed by atoms with Gasteiger partial charge in [0.15, 0.2) is 6.61 Å². The highest BCUT2D eigenvalue weighted by molar-refractivity contribution is 6.30. The third kappa shape index (κ3) is 6.09. The molecule has 0 aliphatic carbocycles. The molecule has 1 aliphatic heterocycles. The predicted molar refractivity (Wildman–Crippen MR) is 138 cm³/mol. The summed E-state index contributed by atoms with van der Waals surface area (Å²) in [7, 11) is 0. The van der Waals surface area contributed by atoms with Gasteiger partial charge >= 0.3 is 5.97 Å². The third-order valence-corrected chi connectivity index (χ3v) is 5.75. The van der Waals surface area contributed by atoms with Crippen LogP contribution in [0.5, 0.6) is 5.75 Å². The minimum Gasteiger partial charge on any atom is -0.482 e. The molecule has 0 radical (unpaired) electrons. The van der Waals surface area contributed by atoms with Gasteiger partial charge in [0.1, 0.15) is 5.75 Å². The molecular weight excluding hydrogens is 480 g/mol. The number of guanidine groups is 1. The number of aliphatic imine (C=N–C) groups is 1. The van der Waals surface area contributed by atoms with Crippen molar-refractivity contribution in [2.24, 2.45) is 15.8 Å². The van der Waals surface area contributed by atoms with E-state index in [4.69, 9.17) is 31.9 Å². The van der Waals surface area contributed by atoms with E-state index in [1.54, 1.807) is 43.3 Å². The van der Waals surface area contributed by atoms with Crippen LogP contribution in [-0.4, -0.2) is 48.3 Å². The summed E-state index contributed by atoms with van der Waals surface area (Å²) in [6.07, 6.45) is 0. The molecule has 0 saturated heterocycles. The number of hydrogen-bond donors (Lipinski definition) is 1. The zero-order chi connectivity index (χ0) is 25.5. The number of carbonyl (C=O) groups excluding carboxylic acids is 2. The standard InChI is InChI=1S/C27H25ClN4O4/c1-2-35-24(33)17-36-22-14-10-19(11-15-22)25-23(18-6-4-3-5-7-18)16-32(31-25)27(29)30-26(34)20-8-12-21(28)13-9-20/h3-15,23H,2,16-17H2,1H3,(H2,29,30,34). The normalized spacial score (nSPS) is 15.4. The Morgan fingerprint density at radius 1 is 1.06 bits per heavy atom. The highest BCUT2D eigenvalue weighted by Gasteiger charge is 2.31. The van der Waals surface area contributed by atoms with Crippen molar-refractivity contribution in [3.63, 3.8) is 0 Å². The van der Waals surface area contributed by atoms with Crippen molar-refractivity contribution in [3.8, 4) is 5.75 Å². The van der Waals surface area contributed by atoms with Gasteiger partial charge in [0, 0.05) is 16.5 Å². The molecule has 4 rings (SSSR count). The van der Waals surface area contributed by atoms with Gasteiger partial charge in [0.2, 0.25) is 5.96 Å². The number of benzene rings is 3. The fraction of sp³-hybridized carbons (Fsp3) is 0.185. The van der Waals surface area contributed by atoms with Crippen LogP contribution in [0, 0.1) is 0 Å². The molecule has 3 aromatic rings. The fourth-order valence-electron chi connectivity index (χ4n) is 3.74. The second-order valence-electron chi connectivity index (χ2n) is 7.93. The summed E-state index contributed by atoms with van der Waals surface area (Å²) in [4.78, 5) is 28.2. The van der Waals surface area contributed by atoms with Crippen LogP contribution in [-0.2, 0) is 9.53 Å². The first kappa shape index (κ1) is 24.9.